The number of amides is 1. The zero-order chi connectivity index (χ0) is 13.7. The fourth-order valence-electron chi connectivity index (χ4n) is 1.20. The van der Waals surface area contributed by atoms with Gasteiger partial charge in [0.1, 0.15) is 0 Å². The summed E-state index contributed by atoms with van der Waals surface area (Å²) in [4.78, 5) is 22.4. The van der Waals surface area contributed by atoms with Gasteiger partial charge in [0.25, 0.3) is 5.91 Å². The van der Waals surface area contributed by atoms with E-state index in [-0.39, 0.29) is 11.6 Å². The van der Waals surface area contributed by atoms with Gasteiger partial charge < -0.3 is 15.2 Å². The van der Waals surface area contributed by atoms with Gasteiger partial charge in [-0.05, 0) is 18.2 Å². The first-order valence-electron chi connectivity index (χ1n) is 4.94. The number of carboxylic acid groups (broad SMARTS) is 1. The molecule has 18 heavy (non-hydrogen) atoms. The van der Waals surface area contributed by atoms with Crippen molar-refractivity contribution in [2.45, 2.75) is 6.10 Å². The summed E-state index contributed by atoms with van der Waals surface area (Å²) in [5.74, 6) is -1.59. The second-order valence-electron chi connectivity index (χ2n) is 3.40. The number of nitrogens with one attached hydrogen (secondary N) is 1. The van der Waals surface area contributed by atoms with E-state index in [1.54, 1.807) is 0 Å². The Balaban J connectivity index is 2.65. The molecule has 1 aromatic rings. The van der Waals surface area contributed by atoms with Crippen molar-refractivity contribution in [2.24, 2.45) is 0 Å². The van der Waals surface area contributed by atoms with Crippen LogP contribution in [0.3, 0.4) is 0 Å². The van der Waals surface area contributed by atoms with Crippen LogP contribution in [0.25, 0.3) is 0 Å². The van der Waals surface area contributed by atoms with Crippen molar-refractivity contribution in [3.63, 3.8) is 0 Å². The Morgan fingerprint density at radius 3 is 2.56 bits per heavy atom. The van der Waals surface area contributed by atoms with E-state index >= 15 is 0 Å². The first-order chi connectivity index (χ1) is 8.45. The normalized spacial score (nSPS) is 11.9. The van der Waals surface area contributed by atoms with Gasteiger partial charge in [0.15, 0.2) is 6.10 Å². The van der Waals surface area contributed by atoms with Crippen LogP contribution in [0.2, 0.25) is 10.0 Å². The van der Waals surface area contributed by atoms with Crippen molar-refractivity contribution < 1.29 is 19.4 Å². The van der Waals surface area contributed by atoms with Crippen LogP contribution in [-0.4, -0.2) is 36.7 Å². The Morgan fingerprint density at radius 2 is 2.06 bits per heavy atom. The van der Waals surface area contributed by atoms with Crippen LogP contribution in [0.4, 0.5) is 0 Å². The van der Waals surface area contributed by atoms with Crippen LogP contribution in [0, 0.1) is 0 Å². The second-order valence-corrected chi connectivity index (χ2v) is 4.22. The number of benzene rings is 1. The van der Waals surface area contributed by atoms with Gasteiger partial charge in [-0.1, -0.05) is 23.2 Å². The molecule has 0 aliphatic heterocycles. The Morgan fingerprint density at radius 1 is 1.39 bits per heavy atom. The summed E-state index contributed by atoms with van der Waals surface area (Å²) < 4.78 is 4.68. The lowest BCUT2D eigenvalue weighted by atomic mass is 10.2. The van der Waals surface area contributed by atoms with Gasteiger partial charge in [-0.15, -0.1) is 0 Å². The highest BCUT2D eigenvalue weighted by atomic mass is 35.5. The first kappa shape index (κ1) is 14.8. The number of halogens is 2. The molecule has 0 aliphatic rings. The van der Waals surface area contributed by atoms with E-state index in [2.05, 4.69) is 10.1 Å². The van der Waals surface area contributed by atoms with E-state index in [1.807, 2.05) is 0 Å². The maximum atomic E-state index is 11.7. The van der Waals surface area contributed by atoms with Crippen LogP contribution in [0.1, 0.15) is 10.4 Å². The van der Waals surface area contributed by atoms with Gasteiger partial charge in [-0.3, -0.25) is 4.79 Å². The third kappa shape index (κ3) is 3.87. The molecular formula is C11H11Cl2NO4. The monoisotopic (exact) mass is 291 g/mol. The Bertz CT molecular complexity index is 464. The van der Waals surface area contributed by atoms with E-state index in [9.17, 15) is 9.59 Å². The molecule has 1 rings (SSSR count). The molecule has 1 aromatic carbocycles. The van der Waals surface area contributed by atoms with Crippen LogP contribution >= 0.6 is 23.2 Å². The number of aliphatic carboxylic acids is 1. The number of methoxy groups -OCH3 is 1. The largest absolute Gasteiger partial charge is 0.479 e. The summed E-state index contributed by atoms with van der Waals surface area (Å²) in [7, 11) is 1.25. The topological polar surface area (TPSA) is 75.6 Å². The molecule has 1 unspecified atom stereocenters. The van der Waals surface area contributed by atoms with Crippen molar-refractivity contribution in [1.29, 1.82) is 0 Å². The molecule has 0 aromatic heterocycles. The van der Waals surface area contributed by atoms with E-state index in [0.717, 1.165) is 0 Å². The van der Waals surface area contributed by atoms with Gasteiger partial charge in [0.2, 0.25) is 0 Å². The lowest BCUT2D eigenvalue weighted by Crippen LogP contribution is -2.37. The van der Waals surface area contributed by atoms with Gasteiger partial charge in [-0.25, -0.2) is 4.79 Å². The Kier molecular flexibility index (Phi) is 5.40. The maximum Gasteiger partial charge on any atom is 0.334 e. The summed E-state index contributed by atoms with van der Waals surface area (Å²) >= 11 is 11.5. The molecule has 0 fully saturated rings. The molecule has 2 N–H and O–H groups in total. The van der Waals surface area contributed by atoms with Crippen LogP contribution < -0.4 is 5.32 Å². The number of hydrogen-bond acceptors (Lipinski definition) is 3. The number of carbonyl (C=O) groups is 2. The number of carboxylic acids is 1. The van der Waals surface area contributed by atoms with Gasteiger partial charge in [0.05, 0.1) is 16.6 Å². The lowest BCUT2D eigenvalue weighted by molar-refractivity contribution is -0.148. The summed E-state index contributed by atoms with van der Waals surface area (Å²) in [5.41, 5.74) is 0.296. The molecule has 1 atom stereocenters. The van der Waals surface area contributed by atoms with Crippen molar-refractivity contribution in [1.82, 2.24) is 5.32 Å². The van der Waals surface area contributed by atoms with Crippen LogP contribution in [-0.2, 0) is 9.53 Å². The number of carbonyl (C=O) groups excluding carboxylic acids is 1. The summed E-state index contributed by atoms with van der Waals surface area (Å²) in [5, 5.41) is 11.8. The molecule has 0 bridgehead atoms. The average Bonchev–Trinajstić information content (AvgIpc) is 2.32. The highest BCUT2D eigenvalue weighted by Gasteiger charge is 2.17. The van der Waals surface area contributed by atoms with Crippen molar-refractivity contribution in [3.05, 3.63) is 33.8 Å². The minimum absolute atomic E-state index is 0.134. The molecule has 7 heteroatoms. The molecular weight excluding hydrogens is 281 g/mol. The Hall–Kier alpha value is -1.30. The molecule has 0 heterocycles. The standard InChI is InChI=1S/C11H11Cl2NO4/c1-18-9(11(16)17)5-14-10(15)6-2-3-7(12)8(13)4-6/h2-4,9H,5H2,1H3,(H,14,15)(H,16,17). The van der Waals surface area contributed by atoms with E-state index in [1.165, 1.54) is 25.3 Å². The average molecular weight is 292 g/mol. The second kappa shape index (κ2) is 6.58. The predicted molar refractivity (Wildman–Crippen MR) is 67.2 cm³/mol. The van der Waals surface area contributed by atoms with Crippen molar-refractivity contribution in [3.8, 4) is 0 Å². The smallest absolute Gasteiger partial charge is 0.334 e. The van der Waals surface area contributed by atoms with Gasteiger partial charge in [0, 0.05) is 12.7 Å². The van der Waals surface area contributed by atoms with Gasteiger partial charge in [-0.2, -0.15) is 0 Å². The number of hydrogen-bond donors (Lipinski definition) is 2. The molecule has 0 saturated carbocycles. The number of ether oxygens (including phenoxy) is 1. The fraction of sp³-hybridized carbons (Fsp3) is 0.273. The molecule has 1 amide bonds. The quantitative estimate of drug-likeness (QED) is 0.868. The van der Waals surface area contributed by atoms with Gasteiger partial charge >= 0.3 is 5.97 Å². The first-order valence-corrected chi connectivity index (χ1v) is 5.70. The molecule has 0 radical (unpaired) electrons. The SMILES string of the molecule is COC(CNC(=O)c1ccc(Cl)c(Cl)c1)C(=O)O. The molecule has 0 spiro atoms. The van der Waals surface area contributed by atoms with E-state index in [4.69, 9.17) is 28.3 Å². The highest BCUT2D eigenvalue weighted by molar-refractivity contribution is 6.42. The zero-order valence-electron chi connectivity index (χ0n) is 9.44. The summed E-state index contributed by atoms with van der Waals surface area (Å²) in [6, 6.07) is 4.39. The predicted octanol–water partition coefficient (Wildman–Crippen LogP) is 1.82. The maximum absolute atomic E-state index is 11.7. The van der Waals surface area contributed by atoms with E-state index in [0.29, 0.717) is 10.6 Å². The van der Waals surface area contributed by atoms with E-state index < -0.39 is 18.0 Å². The highest BCUT2D eigenvalue weighted by Crippen LogP contribution is 2.22. The minimum atomic E-state index is -1.15. The summed E-state index contributed by atoms with van der Waals surface area (Å²) in [6.45, 7) is -0.134. The van der Waals surface area contributed by atoms with Crippen LogP contribution in [0.5, 0.6) is 0 Å². The molecule has 0 saturated heterocycles. The molecule has 5 nitrogen and oxygen atoms in total. The minimum Gasteiger partial charge on any atom is -0.479 e. The fourth-order valence-corrected chi connectivity index (χ4v) is 1.49. The Labute approximate surface area is 114 Å². The molecule has 98 valence electrons. The zero-order valence-corrected chi connectivity index (χ0v) is 11.0. The third-order valence-electron chi connectivity index (χ3n) is 2.19. The third-order valence-corrected chi connectivity index (χ3v) is 2.93. The molecule has 0 aliphatic carbocycles. The van der Waals surface area contributed by atoms with Crippen molar-refractivity contribution >= 4 is 35.1 Å². The summed E-state index contributed by atoms with van der Waals surface area (Å²) in [6.07, 6.45) is -1.09. The number of rotatable bonds is 5. The van der Waals surface area contributed by atoms with Crippen molar-refractivity contribution in [2.75, 3.05) is 13.7 Å². The van der Waals surface area contributed by atoms with Crippen LogP contribution in [0.15, 0.2) is 18.2 Å². The lowest BCUT2D eigenvalue weighted by Gasteiger charge is -2.11.